The van der Waals surface area contributed by atoms with Crippen LogP contribution in [0.4, 0.5) is 5.69 Å². The summed E-state index contributed by atoms with van der Waals surface area (Å²) in [4.78, 5) is 12.6. The molecule has 0 aliphatic heterocycles. The van der Waals surface area contributed by atoms with Crippen LogP contribution in [0.15, 0.2) is 82.6 Å². The number of thioether (sulfide) groups is 1. The van der Waals surface area contributed by atoms with E-state index in [1.165, 1.54) is 0 Å². The Balaban J connectivity index is 1.53. The SMILES string of the molecule is Cc1ccc(NCC(=O)NCCSCc2ccccc2Cl)c(S(=O)(=O)c2ccccc2)c1. The Morgan fingerprint density at radius 1 is 1.00 bits per heavy atom. The fourth-order valence-electron chi connectivity index (χ4n) is 3.02. The quantitative estimate of drug-likeness (QED) is 0.395. The molecule has 3 aromatic carbocycles. The molecule has 0 aliphatic rings. The van der Waals surface area contributed by atoms with Crippen LogP contribution >= 0.6 is 23.4 Å². The average molecular weight is 489 g/mol. The van der Waals surface area contributed by atoms with E-state index in [9.17, 15) is 13.2 Å². The predicted octanol–water partition coefficient (Wildman–Crippen LogP) is 4.94. The number of hydrogen-bond donors (Lipinski definition) is 2. The minimum atomic E-state index is -3.70. The molecule has 3 aromatic rings. The van der Waals surface area contributed by atoms with Crippen molar-refractivity contribution in [2.24, 2.45) is 0 Å². The summed E-state index contributed by atoms with van der Waals surface area (Å²) in [5.41, 5.74) is 2.30. The van der Waals surface area contributed by atoms with Gasteiger partial charge in [-0.15, -0.1) is 0 Å². The summed E-state index contributed by atoms with van der Waals surface area (Å²) in [6.07, 6.45) is 0. The first-order chi connectivity index (χ1) is 15.4. The molecule has 0 radical (unpaired) electrons. The van der Waals surface area contributed by atoms with Gasteiger partial charge in [-0.1, -0.05) is 54.1 Å². The fourth-order valence-corrected chi connectivity index (χ4v) is 5.71. The van der Waals surface area contributed by atoms with Gasteiger partial charge in [0, 0.05) is 23.1 Å². The maximum Gasteiger partial charge on any atom is 0.239 e. The molecule has 0 atom stereocenters. The Kier molecular flexibility index (Phi) is 8.61. The van der Waals surface area contributed by atoms with E-state index < -0.39 is 9.84 Å². The number of benzene rings is 3. The highest BCUT2D eigenvalue weighted by atomic mass is 35.5. The average Bonchev–Trinajstić information content (AvgIpc) is 2.79. The number of rotatable bonds is 10. The van der Waals surface area contributed by atoms with Gasteiger partial charge in [-0.25, -0.2) is 8.42 Å². The first-order valence-corrected chi connectivity index (χ1v) is 13.1. The lowest BCUT2D eigenvalue weighted by Gasteiger charge is -2.14. The molecule has 0 aliphatic carbocycles. The molecular formula is C24H25ClN2O3S2. The highest BCUT2D eigenvalue weighted by Gasteiger charge is 2.21. The standard InChI is InChI=1S/C24H25ClN2O3S2/c1-18-11-12-22(23(15-18)32(29,30)20-8-3-2-4-9-20)27-16-24(28)26-13-14-31-17-19-7-5-6-10-21(19)25/h2-12,15,27H,13-14,16-17H2,1H3,(H,26,28). The summed E-state index contributed by atoms with van der Waals surface area (Å²) in [6.45, 7) is 2.33. The third-order valence-corrected chi connectivity index (χ3v) is 7.89. The predicted molar refractivity (Wildman–Crippen MR) is 132 cm³/mol. The molecule has 168 valence electrons. The summed E-state index contributed by atoms with van der Waals surface area (Å²) in [6, 6.07) is 21.1. The maximum atomic E-state index is 13.1. The Bertz CT molecular complexity index is 1170. The van der Waals surface area contributed by atoms with Crippen LogP contribution < -0.4 is 10.6 Å². The second-order valence-electron chi connectivity index (χ2n) is 7.16. The van der Waals surface area contributed by atoms with E-state index in [2.05, 4.69) is 10.6 Å². The highest BCUT2D eigenvalue weighted by Crippen LogP contribution is 2.28. The molecule has 8 heteroatoms. The van der Waals surface area contributed by atoms with Gasteiger partial charge in [-0.2, -0.15) is 11.8 Å². The number of nitrogens with one attached hydrogen (secondary N) is 2. The van der Waals surface area contributed by atoms with E-state index in [4.69, 9.17) is 11.6 Å². The Labute approximate surface area is 198 Å². The number of sulfone groups is 1. The van der Waals surface area contributed by atoms with Crippen LogP contribution in [0.3, 0.4) is 0 Å². The van der Waals surface area contributed by atoms with E-state index >= 15 is 0 Å². The van der Waals surface area contributed by atoms with Crippen LogP contribution in [0, 0.1) is 6.92 Å². The van der Waals surface area contributed by atoms with E-state index in [1.54, 1.807) is 54.2 Å². The van der Waals surface area contributed by atoms with Gasteiger partial charge < -0.3 is 10.6 Å². The van der Waals surface area contributed by atoms with E-state index in [0.717, 1.165) is 27.7 Å². The molecule has 32 heavy (non-hydrogen) atoms. The molecular weight excluding hydrogens is 464 g/mol. The van der Waals surface area contributed by atoms with Crippen LogP contribution in [0.5, 0.6) is 0 Å². The van der Waals surface area contributed by atoms with Crippen LogP contribution in [0.25, 0.3) is 0 Å². The van der Waals surface area contributed by atoms with Crippen molar-refractivity contribution in [1.29, 1.82) is 0 Å². The number of amides is 1. The van der Waals surface area contributed by atoms with Crippen molar-refractivity contribution in [3.8, 4) is 0 Å². The number of aryl methyl sites for hydroxylation is 1. The summed E-state index contributed by atoms with van der Waals surface area (Å²) in [7, 11) is -3.70. The van der Waals surface area contributed by atoms with Crippen molar-refractivity contribution in [3.63, 3.8) is 0 Å². The first kappa shape index (κ1) is 24.2. The lowest BCUT2D eigenvalue weighted by Crippen LogP contribution is -2.31. The van der Waals surface area contributed by atoms with Crippen molar-refractivity contribution < 1.29 is 13.2 Å². The minimum Gasteiger partial charge on any atom is -0.375 e. The second-order valence-corrected chi connectivity index (χ2v) is 10.6. The first-order valence-electron chi connectivity index (χ1n) is 10.1. The molecule has 0 spiro atoms. The molecule has 0 bridgehead atoms. The zero-order chi connectivity index (χ0) is 23.0. The summed E-state index contributed by atoms with van der Waals surface area (Å²) >= 11 is 7.83. The molecule has 5 nitrogen and oxygen atoms in total. The topological polar surface area (TPSA) is 75.3 Å². The number of hydrogen-bond acceptors (Lipinski definition) is 5. The molecule has 3 rings (SSSR count). The zero-order valence-electron chi connectivity index (χ0n) is 17.7. The van der Waals surface area contributed by atoms with Crippen molar-refractivity contribution >= 4 is 44.8 Å². The molecule has 1 amide bonds. The van der Waals surface area contributed by atoms with Gasteiger partial charge in [-0.3, -0.25) is 4.79 Å². The summed E-state index contributed by atoms with van der Waals surface area (Å²) < 4.78 is 26.2. The van der Waals surface area contributed by atoms with Crippen molar-refractivity contribution in [3.05, 3.63) is 88.9 Å². The van der Waals surface area contributed by atoms with Crippen molar-refractivity contribution in [1.82, 2.24) is 5.32 Å². The largest absolute Gasteiger partial charge is 0.375 e. The third-order valence-electron chi connectivity index (χ3n) is 4.70. The lowest BCUT2D eigenvalue weighted by molar-refractivity contribution is -0.119. The normalized spacial score (nSPS) is 11.2. The molecule has 0 heterocycles. The van der Waals surface area contributed by atoms with Gasteiger partial charge in [0.15, 0.2) is 0 Å². The van der Waals surface area contributed by atoms with Crippen LogP contribution in [0.1, 0.15) is 11.1 Å². The molecule has 0 aromatic heterocycles. The van der Waals surface area contributed by atoms with E-state index in [-0.39, 0.29) is 22.2 Å². The molecule has 0 unspecified atom stereocenters. The highest BCUT2D eigenvalue weighted by molar-refractivity contribution is 7.98. The Morgan fingerprint density at radius 2 is 1.72 bits per heavy atom. The number of carbonyl (C=O) groups is 1. The minimum absolute atomic E-state index is 0.0183. The van der Waals surface area contributed by atoms with Gasteiger partial charge in [0.05, 0.1) is 22.0 Å². The van der Waals surface area contributed by atoms with Gasteiger partial charge in [-0.05, 0) is 48.4 Å². The molecule has 0 saturated carbocycles. The number of anilines is 1. The second kappa shape index (κ2) is 11.4. The molecule has 2 N–H and O–H groups in total. The maximum absolute atomic E-state index is 13.1. The van der Waals surface area contributed by atoms with Gasteiger partial charge in [0.2, 0.25) is 15.7 Å². The van der Waals surface area contributed by atoms with Crippen LogP contribution in [0.2, 0.25) is 5.02 Å². The van der Waals surface area contributed by atoms with E-state index in [0.29, 0.717) is 12.2 Å². The van der Waals surface area contributed by atoms with Crippen molar-refractivity contribution in [2.45, 2.75) is 22.5 Å². The smallest absolute Gasteiger partial charge is 0.239 e. The molecule has 0 fully saturated rings. The van der Waals surface area contributed by atoms with Gasteiger partial charge in [0.1, 0.15) is 0 Å². The summed E-state index contributed by atoms with van der Waals surface area (Å²) in [5.74, 6) is 1.32. The number of halogens is 1. The van der Waals surface area contributed by atoms with Gasteiger partial charge in [0.25, 0.3) is 0 Å². The number of carbonyl (C=O) groups excluding carboxylic acids is 1. The van der Waals surface area contributed by atoms with Crippen LogP contribution in [-0.2, 0) is 20.4 Å². The fraction of sp³-hybridized carbons (Fsp3) is 0.208. The van der Waals surface area contributed by atoms with Crippen LogP contribution in [-0.4, -0.2) is 33.2 Å². The Hall–Kier alpha value is -2.48. The van der Waals surface area contributed by atoms with Crippen molar-refractivity contribution in [2.75, 3.05) is 24.2 Å². The lowest BCUT2D eigenvalue weighted by atomic mass is 10.2. The summed E-state index contributed by atoms with van der Waals surface area (Å²) in [5, 5.41) is 6.57. The van der Waals surface area contributed by atoms with Gasteiger partial charge >= 0.3 is 0 Å². The van der Waals surface area contributed by atoms with E-state index in [1.807, 2.05) is 37.3 Å². The monoisotopic (exact) mass is 488 g/mol. The third kappa shape index (κ3) is 6.51. The zero-order valence-corrected chi connectivity index (χ0v) is 20.1. The molecule has 0 saturated heterocycles. The Morgan fingerprint density at radius 3 is 2.47 bits per heavy atom.